The Bertz CT molecular complexity index is 1650. The van der Waals surface area contributed by atoms with Crippen LogP contribution in [0.4, 0.5) is 11.6 Å². The number of H-pyrrole nitrogens is 1. The van der Waals surface area contributed by atoms with Crippen molar-refractivity contribution in [2.24, 2.45) is 0 Å². The van der Waals surface area contributed by atoms with E-state index in [9.17, 15) is 9.59 Å². The third-order valence-electron chi connectivity index (χ3n) is 8.04. The minimum absolute atomic E-state index is 0.0600. The number of nitrogens with one attached hydrogen (secondary N) is 2. The minimum Gasteiger partial charge on any atom is -0.309 e. The van der Waals surface area contributed by atoms with Gasteiger partial charge >= 0.3 is 0 Å². The molecule has 0 radical (unpaired) electrons. The molecule has 3 aromatic heterocycles. The summed E-state index contributed by atoms with van der Waals surface area (Å²) in [5.74, 6) is 0.302. The van der Waals surface area contributed by atoms with Crippen molar-refractivity contribution in [1.82, 2.24) is 25.2 Å². The van der Waals surface area contributed by atoms with E-state index in [-0.39, 0.29) is 17.8 Å². The molecule has 214 valence electrons. The van der Waals surface area contributed by atoms with Crippen molar-refractivity contribution < 1.29 is 9.59 Å². The molecule has 0 aliphatic heterocycles. The summed E-state index contributed by atoms with van der Waals surface area (Å²) in [5, 5.41) is 19.0. The molecule has 2 N–H and O–H groups in total. The normalized spacial score (nSPS) is 13.7. The van der Waals surface area contributed by atoms with Crippen LogP contribution in [0.25, 0.3) is 5.00 Å². The van der Waals surface area contributed by atoms with Crippen molar-refractivity contribution in [2.45, 2.75) is 58.4 Å². The van der Waals surface area contributed by atoms with Gasteiger partial charge in [0.2, 0.25) is 0 Å². The summed E-state index contributed by atoms with van der Waals surface area (Å²) < 4.78 is 2.14. The molecule has 1 aliphatic carbocycles. The van der Waals surface area contributed by atoms with Crippen LogP contribution in [0.2, 0.25) is 0 Å². The summed E-state index contributed by atoms with van der Waals surface area (Å²) in [6, 6.07) is 21.8. The number of aryl methyl sites for hydroxylation is 1. The van der Waals surface area contributed by atoms with Crippen molar-refractivity contribution in [3.8, 4) is 5.00 Å². The van der Waals surface area contributed by atoms with E-state index in [0.717, 1.165) is 27.6 Å². The molecule has 42 heavy (non-hydrogen) atoms. The third-order valence-corrected chi connectivity index (χ3v) is 8.90. The highest BCUT2D eigenvalue weighted by atomic mass is 32.1. The van der Waals surface area contributed by atoms with Crippen LogP contribution in [0.3, 0.4) is 0 Å². The van der Waals surface area contributed by atoms with Crippen molar-refractivity contribution in [3.05, 3.63) is 106 Å². The van der Waals surface area contributed by atoms with Gasteiger partial charge in [-0.1, -0.05) is 48.6 Å². The zero-order valence-electron chi connectivity index (χ0n) is 23.7. The van der Waals surface area contributed by atoms with Crippen molar-refractivity contribution in [3.63, 3.8) is 0 Å². The minimum atomic E-state index is -0.338. The number of carbonyl (C=O) groups excluding carboxylic acids is 2. The highest BCUT2D eigenvalue weighted by Crippen LogP contribution is 2.34. The van der Waals surface area contributed by atoms with E-state index in [1.165, 1.54) is 37.7 Å². The van der Waals surface area contributed by atoms with Crippen LogP contribution in [-0.4, -0.2) is 37.0 Å². The van der Waals surface area contributed by atoms with Gasteiger partial charge in [-0.05, 0) is 96.8 Å². The second-order valence-electron chi connectivity index (χ2n) is 10.8. The number of tetrazole rings is 1. The quantitative estimate of drug-likeness (QED) is 0.210. The fourth-order valence-electron chi connectivity index (χ4n) is 5.84. The average molecular weight is 580 g/mol. The van der Waals surface area contributed by atoms with E-state index in [1.807, 2.05) is 48.4 Å². The summed E-state index contributed by atoms with van der Waals surface area (Å²) in [6.45, 7) is 4.39. The summed E-state index contributed by atoms with van der Waals surface area (Å²) in [5.41, 5.74) is 6.16. The van der Waals surface area contributed by atoms with Gasteiger partial charge in [-0.3, -0.25) is 14.9 Å². The van der Waals surface area contributed by atoms with Gasteiger partial charge < -0.3 is 9.47 Å². The lowest BCUT2D eigenvalue weighted by molar-refractivity contribution is 0.0982. The van der Waals surface area contributed by atoms with Gasteiger partial charge in [0, 0.05) is 22.6 Å². The number of benzene rings is 2. The van der Waals surface area contributed by atoms with E-state index in [2.05, 4.69) is 60.8 Å². The molecule has 10 heteroatoms. The molecule has 9 nitrogen and oxygen atoms in total. The maximum atomic E-state index is 14.3. The van der Waals surface area contributed by atoms with Crippen LogP contribution in [-0.2, 0) is 6.54 Å². The Morgan fingerprint density at radius 3 is 2.45 bits per heavy atom. The fourth-order valence-corrected chi connectivity index (χ4v) is 6.68. The van der Waals surface area contributed by atoms with Crippen LogP contribution in [0, 0.1) is 13.8 Å². The lowest BCUT2D eigenvalue weighted by Gasteiger charge is -2.25. The number of amides is 2. The van der Waals surface area contributed by atoms with Crippen LogP contribution >= 0.6 is 11.3 Å². The first-order chi connectivity index (χ1) is 20.5. The number of carbonyl (C=O) groups is 2. The lowest BCUT2D eigenvalue weighted by atomic mass is 9.84. The standard InChI is InChI=1S/C32H33N7O2S/c1-21-19-28(22(2)39(21)29-9-6-18-42-29)31(41)38(27-16-14-25(15-17-27)24-7-4-3-5-8-24)20-23-10-12-26(13-11-23)30(40)33-32-34-36-37-35-32/h6,9-19,24H,3-5,7-8,20H2,1-2H3,(H2,33,34,35,36,37,40). The smallest absolute Gasteiger partial charge is 0.270 e. The summed E-state index contributed by atoms with van der Waals surface area (Å²) >= 11 is 1.65. The third kappa shape index (κ3) is 5.75. The number of anilines is 2. The molecule has 1 fully saturated rings. The van der Waals surface area contributed by atoms with Gasteiger partial charge in [0.15, 0.2) is 0 Å². The number of hydrogen-bond acceptors (Lipinski definition) is 6. The van der Waals surface area contributed by atoms with Crippen molar-refractivity contribution in [2.75, 3.05) is 10.2 Å². The van der Waals surface area contributed by atoms with Crippen molar-refractivity contribution >= 4 is 34.8 Å². The Hall–Kier alpha value is -4.57. The van der Waals surface area contributed by atoms with Crippen LogP contribution in [0.5, 0.6) is 0 Å². The number of aromatic amines is 1. The molecule has 0 unspecified atom stereocenters. The fraction of sp³-hybridized carbons (Fsp3) is 0.281. The first-order valence-electron chi connectivity index (χ1n) is 14.3. The highest BCUT2D eigenvalue weighted by Gasteiger charge is 2.25. The van der Waals surface area contributed by atoms with Crippen LogP contribution in [0.1, 0.15) is 81.3 Å². The van der Waals surface area contributed by atoms with Crippen molar-refractivity contribution in [1.29, 1.82) is 0 Å². The first kappa shape index (κ1) is 27.6. The topological polar surface area (TPSA) is 109 Å². The number of aromatic nitrogens is 5. The Morgan fingerprint density at radius 2 is 1.79 bits per heavy atom. The van der Waals surface area contributed by atoms with Gasteiger partial charge in [0.25, 0.3) is 17.8 Å². The molecule has 1 saturated carbocycles. The molecule has 3 heterocycles. The van der Waals surface area contributed by atoms with Gasteiger partial charge in [0.1, 0.15) is 0 Å². The lowest BCUT2D eigenvalue weighted by Crippen LogP contribution is -2.31. The van der Waals surface area contributed by atoms with Crippen LogP contribution in [0.15, 0.2) is 72.1 Å². The van der Waals surface area contributed by atoms with Gasteiger partial charge in [0.05, 0.1) is 17.1 Å². The largest absolute Gasteiger partial charge is 0.309 e. The number of rotatable bonds is 8. The van der Waals surface area contributed by atoms with E-state index in [4.69, 9.17) is 0 Å². The van der Waals surface area contributed by atoms with E-state index >= 15 is 0 Å². The molecule has 6 rings (SSSR count). The second-order valence-corrected chi connectivity index (χ2v) is 11.7. The molecule has 0 bridgehead atoms. The van der Waals surface area contributed by atoms with Gasteiger partial charge in [-0.2, -0.15) is 5.21 Å². The Balaban J connectivity index is 1.29. The Labute approximate surface area is 248 Å². The van der Waals surface area contributed by atoms with E-state index in [1.54, 1.807) is 23.5 Å². The summed E-state index contributed by atoms with van der Waals surface area (Å²) in [4.78, 5) is 28.7. The maximum Gasteiger partial charge on any atom is 0.270 e. The van der Waals surface area contributed by atoms with Crippen LogP contribution < -0.4 is 10.2 Å². The van der Waals surface area contributed by atoms with Gasteiger partial charge in [-0.15, -0.1) is 16.4 Å². The Kier molecular flexibility index (Phi) is 7.96. The average Bonchev–Trinajstić information content (AvgIpc) is 3.79. The molecule has 2 amide bonds. The van der Waals surface area contributed by atoms with E-state index < -0.39 is 0 Å². The zero-order chi connectivity index (χ0) is 29.1. The molecule has 0 saturated heterocycles. The number of thiophene rings is 1. The SMILES string of the molecule is Cc1cc(C(=O)N(Cc2ccc(C(=O)Nc3nn[nH]n3)cc2)c2ccc(C3CCCCC3)cc2)c(C)n1-c1cccs1. The molecule has 0 atom stereocenters. The first-order valence-corrected chi connectivity index (χ1v) is 15.1. The Morgan fingerprint density at radius 1 is 1.02 bits per heavy atom. The molecule has 5 aromatic rings. The number of hydrogen-bond donors (Lipinski definition) is 2. The predicted molar refractivity (Wildman–Crippen MR) is 164 cm³/mol. The molecular formula is C32H33N7O2S. The monoisotopic (exact) mass is 579 g/mol. The predicted octanol–water partition coefficient (Wildman–Crippen LogP) is 6.82. The molecule has 1 aliphatic rings. The molecular weight excluding hydrogens is 546 g/mol. The summed E-state index contributed by atoms with van der Waals surface area (Å²) in [6.07, 6.45) is 6.32. The second kappa shape index (κ2) is 12.1. The van der Waals surface area contributed by atoms with Gasteiger partial charge in [-0.25, -0.2) is 0 Å². The van der Waals surface area contributed by atoms with E-state index in [0.29, 0.717) is 23.6 Å². The highest BCUT2D eigenvalue weighted by molar-refractivity contribution is 7.12. The number of nitrogens with zero attached hydrogens (tertiary/aromatic N) is 5. The zero-order valence-corrected chi connectivity index (χ0v) is 24.5. The molecule has 0 spiro atoms. The summed E-state index contributed by atoms with van der Waals surface area (Å²) in [7, 11) is 0. The maximum absolute atomic E-state index is 14.3. The molecule has 2 aromatic carbocycles.